The highest BCUT2D eigenvalue weighted by Gasteiger charge is 2.20. The fourth-order valence-electron chi connectivity index (χ4n) is 1.96. The molecule has 2 heterocycles. The monoisotopic (exact) mass is 264 g/mol. The second-order valence-electron chi connectivity index (χ2n) is 4.61. The predicted octanol–water partition coefficient (Wildman–Crippen LogP) is 0.571. The Labute approximate surface area is 112 Å². The molecule has 1 atom stereocenters. The summed E-state index contributed by atoms with van der Waals surface area (Å²) in [5.41, 5.74) is 5.66. The Morgan fingerprint density at radius 3 is 2.79 bits per heavy atom. The third kappa shape index (κ3) is 3.97. The first-order valence-electron chi connectivity index (χ1n) is 6.59. The van der Waals surface area contributed by atoms with Crippen LogP contribution in [0.1, 0.15) is 26.2 Å². The van der Waals surface area contributed by atoms with Crippen LogP contribution in [0.2, 0.25) is 0 Å². The second-order valence-corrected chi connectivity index (χ2v) is 4.61. The highest BCUT2D eigenvalue weighted by molar-refractivity contribution is 5.78. The van der Waals surface area contributed by atoms with Crippen molar-refractivity contribution in [2.45, 2.75) is 32.2 Å². The Morgan fingerprint density at radius 2 is 2.16 bits per heavy atom. The molecule has 1 fully saturated rings. The first kappa shape index (κ1) is 13.4. The van der Waals surface area contributed by atoms with E-state index in [4.69, 9.17) is 5.73 Å². The molecule has 1 amide bonds. The third-order valence-corrected chi connectivity index (χ3v) is 2.91. The number of nitrogen functional groups attached to an aromatic ring is 1. The molecule has 5 N–H and O–H groups in total. The van der Waals surface area contributed by atoms with Gasteiger partial charge in [0.25, 0.3) is 0 Å². The lowest BCUT2D eigenvalue weighted by Crippen LogP contribution is -2.32. The summed E-state index contributed by atoms with van der Waals surface area (Å²) in [6, 6.07) is 1.98. The number of amides is 1. The molecule has 1 unspecified atom stereocenters. The summed E-state index contributed by atoms with van der Waals surface area (Å²) in [5.74, 6) is 1.73. The Hall–Kier alpha value is -2.05. The number of hydrogen-bond donors (Lipinski definition) is 4. The van der Waals surface area contributed by atoms with Gasteiger partial charge in [-0.15, -0.1) is 0 Å². The van der Waals surface area contributed by atoms with Crippen LogP contribution in [0, 0.1) is 0 Å². The maximum Gasteiger partial charge on any atom is 0.223 e. The summed E-state index contributed by atoms with van der Waals surface area (Å²) >= 11 is 0. The molecule has 0 bridgehead atoms. The van der Waals surface area contributed by atoms with Crippen LogP contribution in [0.3, 0.4) is 0 Å². The molecule has 1 aromatic heterocycles. The van der Waals surface area contributed by atoms with Gasteiger partial charge in [0.05, 0.1) is 0 Å². The zero-order valence-corrected chi connectivity index (χ0v) is 11.1. The number of anilines is 3. The first-order valence-corrected chi connectivity index (χ1v) is 6.59. The zero-order valence-electron chi connectivity index (χ0n) is 11.1. The van der Waals surface area contributed by atoms with Gasteiger partial charge in [0.15, 0.2) is 0 Å². The smallest absolute Gasteiger partial charge is 0.223 e. The van der Waals surface area contributed by atoms with Crippen LogP contribution in [0.4, 0.5) is 17.6 Å². The molecule has 0 spiro atoms. The molecule has 7 nitrogen and oxygen atoms in total. The Balaban J connectivity index is 1.91. The minimum Gasteiger partial charge on any atom is -0.370 e. The molecule has 1 aliphatic heterocycles. The second kappa shape index (κ2) is 6.21. The predicted molar refractivity (Wildman–Crippen MR) is 74.9 cm³/mol. The average molecular weight is 264 g/mol. The van der Waals surface area contributed by atoms with E-state index >= 15 is 0 Å². The van der Waals surface area contributed by atoms with E-state index in [1.165, 1.54) is 0 Å². The van der Waals surface area contributed by atoms with Gasteiger partial charge in [0.1, 0.15) is 11.6 Å². The number of aromatic nitrogens is 2. The van der Waals surface area contributed by atoms with Crippen LogP contribution in [0.15, 0.2) is 6.07 Å². The van der Waals surface area contributed by atoms with Crippen molar-refractivity contribution in [3.05, 3.63) is 6.07 Å². The number of carbonyl (C=O) groups excluding carboxylic acids is 1. The highest BCUT2D eigenvalue weighted by Crippen LogP contribution is 2.14. The molecule has 0 saturated carbocycles. The van der Waals surface area contributed by atoms with E-state index in [1.54, 1.807) is 0 Å². The molecule has 7 heteroatoms. The van der Waals surface area contributed by atoms with Crippen molar-refractivity contribution in [3.63, 3.8) is 0 Å². The van der Waals surface area contributed by atoms with Crippen LogP contribution in [0.25, 0.3) is 0 Å². The van der Waals surface area contributed by atoms with E-state index in [0.29, 0.717) is 24.6 Å². The topological polar surface area (TPSA) is 105 Å². The molecule has 0 radical (unpaired) electrons. The van der Waals surface area contributed by atoms with Gasteiger partial charge in [0, 0.05) is 31.6 Å². The number of carbonyl (C=O) groups is 1. The molecule has 0 aliphatic carbocycles. The molecule has 1 aromatic rings. The molecular formula is C12H20N6O. The standard InChI is InChI=1S/C12H20N6O/c1-2-5-14-9-6-10(18-12(13)17-9)15-7-8-3-4-11(19)16-8/h6,8H,2-5,7H2,1H3,(H,16,19)(H4,13,14,15,17,18). The molecule has 0 aromatic carbocycles. The van der Waals surface area contributed by atoms with Crippen molar-refractivity contribution < 1.29 is 4.79 Å². The number of nitrogens with zero attached hydrogens (tertiary/aromatic N) is 2. The van der Waals surface area contributed by atoms with Crippen LogP contribution in [-0.2, 0) is 4.79 Å². The summed E-state index contributed by atoms with van der Waals surface area (Å²) in [4.78, 5) is 19.3. The van der Waals surface area contributed by atoms with E-state index in [9.17, 15) is 4.79 Å². The van der Waals surface area contributed by atoms with E-state index in [-0.39, 0.29) is 17.9 Å². The van der Waals surface area contributed by atoms with Crippen molar-refractivity contribution in [1.82, 2.24) is 15.3 Å². The number of nitrogens with one attached hydrogen (secondary N) is 3. The Bertz CT molecular complexity index is 450. The fourth-order valence-corrected chi connectivity index (χ4v) is 1.96. The number of hydrogen-bond acceptors (Lipinski definition) is 6. The van der Waals surface area contributed by atoms with E-state index in [1.807, 2.05) is 6.07 Å². The van der Waals surface area contributed by atoms with Crippen LogP contribution < -0.4 is 21.7 Å². The maximum atomic E-state index is 11.1. The molecule has 19 heavy (non-hydrogen) atoms. The summed E-state index contributed by atoms with van der Waals surface area (Å²) in [5, 5.41) is 9.24. The normalized spacial score (nSPS) is 18.2. The summed E-state index contributed by atoms with van der Waals surface area (Å²) in [6.07, 6.45) is 2.47. The lowest BCUT2D eigenvalue weighted by molar-refractivity contribution is -0.119. The van der Waals surface area contributed by atoms with Gasteiger partial charge in [-0.2, -0.15) is 9.97 Å². The minimum absolute atomic E-state index is 0.110. The van der Waals surface area contributed by atoms with E-state index in [0.717, 1.165) is 19.4 Å². The summed E-state index contributed by atoms with van der Waals surface area (Å²) in [7, 11) is 0. The first-order chi connectivity index (χ1) is 9.17. The Kier molecular flexibility index (Phi) is 4.38. The molecule has 2 rings (SSSR count). The zero-order chi connectivity index (χ0) is 13.7. The SMILES string of the molecule is CCCNc1cc(NCC2CCC(=O)N2)nc(N)n1. The molecule has 1 saturated heterocycles. The van der Waals surface area contributed by atoms with Crippen LogP contribution in [0.5, 0.6) is 0 Å². The van der Waals surface area contributed by atoms with Crippen molar-refractivity contribution in [2.24, 2.45) is 0 Å². The van der Waals surface area contributed by atoms with E-state index < -0.39 is 0 Å². The maximum absolute atomic E-state index is 11.1. The largest absolute Gasteiger partial charge is 0.370 e. The van der Waals surface area contributed by atoms with Gasteiger partial charge in [-0.25, -0.2) is 0 Å². The minimum atomic E-state index is 0.110. The molecule has 104 valence electrons. The van der Waals surface area contributed by atoms with Crippen LogP contribution in [-0.4, -0.2) is 35.0 Å². The highest BCUT2D eigenvalue weighted by atomic mass is 16.1. The van der Waals surface area contributed by atoms with Gasteiger partial charge >= 0.3 is 0 Å². The lowest BCUT2D eigenvalue weighted by atomic mass is 10.2. The van der Waals surface area contributed by atoms with Gasteiger partial charge in [-0.3, -0.25) is 4.79 Å². The van der Waals surface area contributed by atoms with Gasteiger partial charge < -0.3 is 21.7 Å². The lowest BCUT2D eigenvalue weighted by Gasteiger charge is -2.13. The average Bonchev–Trinajstić information content (AvgIpc) is 2.79. The quantitative estimate of drug-likeness (QED) is 0.599. The van der Waals surface area contributed by atoms with E-state index in [2.05, 4.69) is 32.8 Å². The number of rotatable bonds is 6. The third-order valence-electron chi connectivity index (χ3n) is 2.91. The van der Waals surface area contributed by atoms with Gasteiger partial charge in [0.2, 0.25) is 11.9 Å². The fraction of sp³-hybridized carbons (Fsp3) is 0.583. The number of nitrogens with two attached hydrogens (primary N) is 1. The van der Waals surface area contributed by atoms with Crippen LogP contribution >= 0.6 is 0 Å². The summed E-state index contributed by atoms with van der Waals surface area (Å²) < 4.78 is 0. The van der Waals surface area contributed by atoms with Gasteiger partial charge in [-0.05, 0) is 12.8 Å². The van der Waals surface area contributed by atoms with Crippen molar-refractivity contribution in [2.75, 3.05) is 29.5 Å². The molecule has 1 aliphatic rings. The Morgan fingerprint density at radius 1 is 1.42 bits per heavy atom. The van der Waals surface area contributed by atoms with Crippen molar-refractivity contribution in [1.29, 1.82) is 0 Å². The molecular weight excluding hydrogens is 244 g/mol. The van der Waals surface area contributed by atoms with Crippen molar-refractivity contribution in [3.8, 4) is 0 Å². The van der Waals surface area contributed by atoms with Gasteiger partial charge in [-0.1, -0.05) is 6.92 Å². The van der Waals surface area contributed by atoms with Crippen molar-refractivity contribution >= 4 is 23.5 Å². The summed E-state index contributed by atoms with van der Waals surface area (Å²) in [6.45, 7) is 3.57.